The van der Waals surface area contributed by atoms with Gasteiger partial charge in [0.2, 0.25) is 0 Å². The monoisotopic (exact) mass is 311 g/mol. The molecule has 0 aromatic heterocycles. The molecule has 1 spiro atoms. The number of piperidine rings is 1. The molecule has 126 valence electrons. The number of nitrogens with two attached hydrogens (primary N) is 1. The first-order valence-electron chi connectivity index (χ1n) is 8.41. The summed E-state index contributed by atoms with van der Waals surface area (Å²) >= 11 is 0. The van der Waals surface area contributed by atoms with Crippen LogP contribution in [0.1, 0.15) is 46.5 Å². The largest absolute Gasteiger partial charge is 0.444 e. The highest BCUT2D eigenvalue weighted by atomic mass is 16.6. The lowest BCUT2D eigenvalue weighted by molar-refractivity contribution is -0.170. The van der Waals surface area contributed by atoms with Crippen molar-refractivity contribution in [3.8, 4) is 0 Å². The molecule has 6 nitrogen and oxygen atoms in total. The first-order chi connectivity index (χ1) is 10.3. The van der Waals surface area contributed by atoms with Gasteiger partial charge in [0, 0.05) is 19.1 Å². The molecule has 2 atom stereocenters. The smallest absolute Gasteiger partial charge is 0.410 e. The molecule has 3 fully saturated rings. The molecule has 3 aliphatic rings. The quantitative estimate of drug-likeness (QED) is 0.802. The Kier molecular flexibility index (Phi) is 4.12. The molecule has 0 radical (unpaired) electrons. The van der Waals surface area contributed by atoms with Crippen LogP contribution in [-0.4, -0.2) is 60.0 Å². The zero-order chi connectivity index (χ0) is 16.0. The Morgan fingerprint density at radius 2 is 2.09 bits per heavy atom. The van der Waals surface area contributed by atoms with Crippen LogP contribution < -0.4 is 11.1 Å². The van der Waals surface area contributed by atoms with Crippen LogP contribution in [0.4, 0.5) is 4.79 Å². The lowest BCUT2D eigenvalue weighted by Crippen LogP contribution is -2.70. The standard InChI is InChI=1S/C16H29N3O3/c1-15(2,3)22-14(20)19-7-5-16(19)8-11(9-16)21-13-4-6-18-10-12(13)17/h11-13,18H,4-10,17H2,1-3H3. The summed E-state index contributed by atoms with van der Waals surface area (Å²) in [6.45, 7) is 8.31. The second-order valence-corrected chi connectivity index (χ2v) is 7.97. The van der Waals surface area contributed by atoms with Gasteiger partial charge in [0.05, 0.1) is 17.7 Å². The Bertz CT molecular complexity index is 429. The molecule has 2 saturated heterocycles. The minimum absolute atomic E-state index is 0.00991. The normalized spacial score (nSPS) is 38.4. The highest BCUT2D eigenvalue weighted by Gasteiger charge is 2.57. The van der Waals surface area contributed by atoms with Crippen molar-refractivity contribution in [1.29, 1.82) is 0 Å². The summed E-state index contributed by atoms with van der Waals surface area (Å²) in [5.74, 6) is 0. The number of carbonyl (C=O) groups is 1. The molecular weight excluding hydrogens is 282 g/mol. The van der Waals surface area contributed by atoms with Crippen molar-refractivity contribution in [2.75, 3.05) is 19.6 Å². The Balaban J connectivity index is 1.48. The minimum atomic E-state index is -0.435. The molecule has 2 heterocycles. The molecule has 1 saturated carbocycles. The van der Waals surface area contributed by atoms with Crippen LogP contribution in [0.15, 0.2) is 0 Å². The highest BCUT2D eigenvalue weighted by Crippen LogP contribution is 2.49. The average Bonchev–Trinajstić information content (AvgIpc) is 2.31. The minimum Gasteiger partial charge on any atom is -0.444 e. The summed E-state index contributed by atoms with van der Waals surface area (Å²) in [4.78, 5) is 14.1. The molecular formula is C16H29N3O3. The molecule has 1 amide bonds. The van der Waals surface area contributed by atoms with E-state index in [0.717, 1.165) is 45.3 Å². The van der Waals surface area contributed by atoms with Crippen LogP contribution in [-0.2, 0) is 9.47 Å². The van der Waals surface area contributed by atoms with Crippen molar-refractivity contribution in [3.63, 3.8) is 0 Å². The lowest BCUT2D eigenvalue weighted by atomic mass is 9.66. The molecule has 2 aliphatic heterocycles. The Hall–Kier alpha value is -0.850. The number of rotatable bonds is 2. The van der Waals surface area contributed by atoms with Gasteiger partial charge >= 0.3 is 6.09 Å². The molecule has 0 bridgehead atoms. The third kappa shape index (κ3) is 3.09. The van der Waals surface area contributed by atoms with E-state index in [1.807, 2.05) is 25.7 Å². The molecule has 3 N–H and O–H groups in total. The summed E-state index contributed by atoms with van der Waals surface area (Å²) < 4.78 is 11.6. The third-order valence-corrected chi connectivity index (χ3v) is 5.03. The lowest BCUT2D eigenvalue weighted by Gasteiger charge is -2.61. The van der Waals surface area contributed by atoms with Crippen LogP contribution in [0.25, 0.3) is 0 Å². The molecule has 22 heavy (non-hydrogen) atoms. The van der Waals surface area contributed by atoms with Gasteiger partial charge in [-0.15, -0.1) is 0 Å². The van der Waals surface area contributed by atoms with Gasteiger partial charge < -0.3 is 25.4 Å². The molecule has 0 aromatic carbocycles. The zero-order valence-electron chi connectivity index (χ0n) is 13.9. The first kappa shape index (κ1) is 16.0. The molecule has 3 rings (SSSR count). The molecule has 6 heteroatoms. The summed E-state index contributed by atoms with van der Waals surface area (Å²) in [6.07, 6.45) is 4.07. The van der Waals surface area contributed by atoms with Crippen molar-refractivity contribution < 1.29 is 14.3 Å². The zero-order valence-corrected chi connectivity index (χ0v) is 13.9. The SMILES string of the molecule is CC(C)(C)OC(=O)N1CCC12CC(OC1CCNCC1N)C2. The van der Waals surface area contributed by atoms with E-state index in [1.165, 1.54) is 0 Å². The van der Waals surface area contributed by atoms with E-state index >= 15 is 0 Å². The van der Waals surface area contributed by atoms with Crippen LogP contribution >= 0.6 is 0 Å². The van der Waals surface area contributed by atoms with Gasteiger partial charge in [-0.3, -0.25) is 0 Å². The van der Waals surface area contributed by atoms with E-state index in [9.17, 15) is 4.79 Å². The highest BCUT2D eigenvalue weighted by molar-refractivity contribution is 5.70. The number of hydrogen-bond donors (Lipinski definition) is 2. The fourth-order valence-electron chi connectivity index (χ4n) is 3.73. The predicted molar refractivity (Wildman–Crippen MR) is 83.6 cm³/mol. The van der Waals surface area contributed by atoms with Crippen LogP contribution in [0.3, 0.4) is 0 Å². The number of amides is 1. The predicted octanol–water partition coefficient (Wildman–Crippen LogP) is 1.23. The maximum Gasteiger partial charge on any atom is 0.410 e. The molecule has 0 aromatic rings. The van der Waals surface area contributed by atoms with Crippen molar-refractivity contribution in [3.05, 3.63) is 0 Å². The Morgan fingerprint density at radius 3 is 2.64 bits per heavy atom. The van der Waals surface area contributed by atoms with Gasteiger partial charge in [-0.2, -0.15) is 0 Å². The van der Waals surface area contributed by atoms with Gasteiger partial charge in [-0.05, 0) is 53.0 Å². The van der Waals surface area contributed by atoms with E-state index < -0.39 is 5.60 Å². The summed E-state index contributed by atoms with van der Waals surface area (Å²) in [5, 5.41) is 3.28. The Morgan fingerprint density at radius 1 is 1.36 bits per heavy atom. The first-order valence-corrected chi connectivity index (χ1v) is 8.41. The maximum atomic E-state index is 12.2. The third-order valence-electron chi connectivity index (χ3n) is 5.03. The van der Waals surface area contributed by atoms with Crippen LogP contribution in [0.2, 0.25) is 0 Å². The van der Waals surface area contributed by atoms with Gasteiger partial charge in [0.15, 0.2) is 0 Å². The van der Waals surface area contributed by atoms with Crippen molar-refractivity contribution >= 4 is 6.09 Å². The van der Waals surface area contributed by atoms with Crippen molar-refractivity contribution in [2.45, 2.75) is 75.8 Å². The summed E-state index contributed by atoms with van der Waals surface area (Å²) in [5.41, 5.74) is 5.65. The summed E-state index contributed by atoms with van der Waals surface area (Å²) in [7, 11) is 0. The van der Waals surface area contributed by atoms with Gasteiger partial charge in [-0.1, -0.05) is 0 Å². The van der Waals surface area contributed by atoms with Crippen molar-refractivity contribution in [2.24, 2.45) is 5.73 Å². The number of ether oxygens (including phenoxy) is 2. The average molecular weight is 311 g/mol. The Labute approximate surface area is 132 Å². The number of nitrogens with one attached hydrogen (secondary N) is 1. The van der Waals surface area contributed by atoms with E-state index in [2.05, 4.69) is 5.32 Å². The fourth-order valence-corrected chi connectivity index (χ4v) is 3.73. The fraction of sp³-hybridized carbons (Fsp3) is 0.938. The van der Waals surface area contributed by atoms with Gasteiger partial charge in [-0.25, -0.2) is 4.79 Å². The second kappa shape index (κ2) is 5.65. The summed E-state index contributed by atoms with van der Waals surface area (Å²) in [6, 6.07) is 0.0775. The van der Waals surface area contributed by atoms with Gasteiger partial charge in [0.1, 0.15) is 5.60 Å². The number of nitrogens with zero attached hydrogens (tertiary/aromatic N) is 1. The van der Waals surface area contributed by atoms with E-state index in [0.29, 0.717) is 0 Å². The van der Waals surface area contributed by atoms with E-state index in [1.54, 1.807) is 0 Å². The van der Waals surface area contributed by atoms with E-state index in [4.69, 9.17) is 15.2 Å². The topological polar surface area (TPSA) is 76.8 Å². The van der Waals surface area contributed by atoms with Gasteiger partial charge in [0.25, 0.3) is 0 Å². The molecule has 1 aliphatic carbocycles. The number of carbonyl (C=O) groups excluding carboxylic acids is 1. The van der Waals surface area contributed by atoms with Crippen LogP contribution in [0, 0.1) is 0 Å². The number of likely N-dealkylation sites (tertiary alicyclic amines) is 1. The molecule has 2 unspecified atom stereocenters. The maximum absolute atomic E-state index is 12.2. The van der Waals surface area contributed by atoms with Crippen molar-refractivity contribution in [1.82, 2.24) is 10.2 Å². The van der Waals surface area contributed by atoms with Crippen LogP contribution in [0.5, 0.6) is 0 Å². The van der Waals surface area contributed by atoms with E-state index in [-0.39, 0.29) is 29.9 Å². The second-order valence-electron chi connectivity index (χ2n) is 7.97. The number of hydrogen-bond acceptors (Lipinski definition) is 5.